The molecule has 1 aliphatic heterocycles. The molecule has 3 aliphatic rings. The van der Waals surface area contributed by atoms with Gasteiger partial charge in [-0.25, -0.2) is 0 Å². The van der Waals surface area contributed by atoms with E-state index in [0.29, 0.717) is 111 Å². The monoisotopic (exact) mass is 1010 g/mol. The number of hydrogen-bond donors (Lipinski definition) is 4. The van der Waals surface area contributed by atoms with Crippen LogP contribution in [0.15, 0.2) is 66.2 Å². The van der Waals surface area contributed by atoms with E-state index in [1.54, 1.807) is 0 Å². The minimum absolute atomic E-state index is 0.0701. The summed E-state index contributed by atoms with van der Waals surface area (Å²) in [6.45, 7) is 12.0. The van der Waals surface area contributed by atoms with Crippen LogP contribution in [-0.2, 0) is 79.5 Å². The molecule has 6 amide bonds. The Bertz CT molecular complexity index is 2000. The Labute approximate surface area is 424 Å². The molecule has 1 saturated carbocycles. The van der Waals surface area contributed by atoms with Gasteiger partial charge in [0.1, 0.15) is 6.04 Å². The van der Waals surface area contributed by atoms with E-state index >= 15 is 0 Å². The standard InChI is InChI=1S/C53H77N5O14/c1-38(2)50(51(62)55-37-47(61)56-43-13-11-41(12-14-43)10-9-40-7-5-4-6-8-40)57-46(60)16-19-65-21-23-67-25-27-69-29-31-71-33-34-72-32-30-70-28-26-68-24-22-66-20-17-54-45(59)15-18-58-52(63)48-42-35-39(3)44(36-42)49(48)53(58)64/h4-8,11-14,35,38,42,44,48-50H,9-10,15-34,36-37H2,1-3H3,(H,54,59)(H,55,62)(H,56,61)(H,57,60). The van der Waals surface area contributed by atoms with Crippen molar-refractivity contribution in [2.24, 2.45) is 29.6 Å². The summed E-state index contributed by atoms with van der Waals surface area (Å²) >= 11 is 0. The first kappa shape index (κ1) is 57.8. The van der Waals surface area contributed by atoms with Crippen molar-refractivity contribution in [3.63, 3.8) is 0 Å². The van der Waals surface area contributed by atoms with Crippen LogP contribution in [0.4, 0.5) is 5.69 Å². The predicted molar refractivity (Wildman–Crippen MR) is 267 cm³/mol. The molecule has 5 rings (SSSR count). The molecule has 72 heavy (non-hydrogen) atoms. The molecule has 0 spiro atoms. The van der Waals surface area contributed by atoms with E-state index in [2.05, 4.69) is 39.5 Å². The van der Waals surface area contributed by atoms with Gasteiger partial charge in [-0.05, 0) is 67.2 Å². The highest BCUT2D eigenvalue weighted by molar-refractivity contribution is 6.06. The fourth-order valence-electron chi connectivity index (χ4n) is 8.88. The normalized spacial score (nSPS) is 18.3. The summed E-state index contributed by atoms with van der Waals surface area (Å²) in [5, 5.41) is 10.9. The summed E-state index contributed by atoms with van der Waals surface area (Å²) in [5.74, 6) is -1.96. The van der Waals surface area contributed by atoms with Crippen LogP contribution < -0.4 is 21.3 Å². The Morgan fingerprint density at radius 1 is 0.583 bits per heavy atom. The van der Waals surface area contributed by atoms with E-state index in [4.69, 9.17) is 37.9 Å². The Kier molecular flexibility index (Phi) is 26.4. The molecule has 0 aromatic heterocycles. The minimum atomic E-state index is -0.801. The van der Waals surface area contributed by atoms with E-state index in [0.717, 1.165) is 24.8 Å². The molecule has 4 N–H and O–H groups in total. The number of anilines is 1. The number of nitrogens with one attached hydrogen (secondary N) is 4. The fourth-order valence-corrected chi connectivity index (χ4v) is 8.88. The second kappa shape index (κ2) is 32.8. The van der Waals surface area contributed by atoms with Crippen molar-refractivity contribution < 1.29 is 66.7 Å². The molecule has 2 fully saturated rings. The highest BCUT2D eigenvalue weighted by Gasteiger charge is 2.60. The molecule has 2 bridgehead atoms. The molecule has 2 aliphatic carbocycles. The maximum Gasteiger partial charge on any atom is 0.243 e. The quantitative estimate of drug-likeness (QED) is 0.0430. The number of carbonyl (C=O) groups excluding carboxylic acids is 6. The highest BCUT2D eigenvalue weighted by Crippen LogP contribution is 2.55. The van der Waals surface area contributed by atoms with E-state index in [9.17, 15) is 28.8 Å². The lowest BCUT2D eigenvalue weighted by Gasteiger charge is -2.21. The van der Waals surface area contributed by atoms with Crippen molar-refractivity contribution in [2.45, 2.75) is 58.9 Å². The number of amides is 6. The molecule has 2 aromatic carbocycles. The molecule has 5 atom stereocenters. The van der Waals surface area contributed by atoms with Gasteiger partial charge in [0.15, 0.2) is 0 Å². The van der Waals surface area contributed by atoms with Crippen LogP contribution in [0.2, 0.25) is 0 Å². The number of allylic oxidation sites excluding steroid dienone is 2. The topological polar surface area (TPSA) is 228 Å². The van der Waals surface area contributed by atoms with E-state index in [-0.39, 0.29) is 91.7 Å². The van der Waals surface area contributed by atoms with Gasteiger partial charge in [-0.1, -0.05) is 68.0 Å². The molecule has 1 heterocycles. The lowest BCUT2D eigenvalue weighted by Crippen LogP contribution is -2.51. The summed E-state index contributed by atoms with van der Waals surface area (Å²) in [5.41, 5.74) is 4.28. The molecule has 19 nitrogen and oxygen atoms in total. The number of ether oxygens (including phenoxy) is 8. The molecule has 19 heteroatoms. The van der Waals surface area contributed by atoms with Crippen molar-refractivity contribution >= 4 is 41.1 Å². The van der Waals surface area contributed by atoms with Gasteiger partial charge >= 0.3 is 0 Å². The van der Waals surface area contributed by atoms with Gasteiger partial charge in [-0.2, -0.15) is 0 Å². The number of aryl methyl sites for hydroxylation is 2. The van der Waals surface area contributed by atoms with Gasteiger partial charge in [-0.3, -0.25) is 33.7 Å². The molecule has 0 radical (unpaired) electrons. The smallest absolute Gasteiger partial charge is 0.243 e. The van der Waals surface area contributed by atoms with Crippen molar-refractivity contribution in [3.05, 3.63) is 77.4 Å². The molecular formula is C53H77N5O14. The number of likely N-dealkylation sites (tertiary alicyclic amines) is 1. The Balaban J connectivity index is 0.714. The number of imide groups is 1. The first-order valence-electron chi connectivity index (χ1n) is 25.4. The first-order valence-corrected chi connectivity index (χ1v) is 25.4. The fraction of sp³-hybridized carbons (Fsp3) is 0.623. The highest BCUT2D eigenvalue weighted by atomic mass is 16.6. The zero-order valence-corrected chi connectivity index (χ0v) is 42.4. The van der Waals surface area contributed by atoms with Crippen LogP contribution in [-0.4, -0.2) is 172 Å². The van der Waals surface area contributed by atoms with Crippen LogP contribution >= 0.6 is 0 Å². The van der Waals surface area contributed by atoms with Crippen LogP contribution in [0.5, 0.6) is 0 Å². The lowest BCUT2D eigenvalue weighted by molar-refractivity contribution is -0.141. The van der Waals surface area contributed by atoms with Gasteiger partial charge in [0.2, 0.25) is 35.4 Å². The summed E-state index contributed by atoms with van der Waals surface area (Å²) in [6, 6.07) is 17.1. The maximum absolute atomic E-state index is 12.9. The van der Waals surface area contributed by atoms with Gasteiger partial charge in [0.05, 0.1) is 124 Å². The Hall–Kier alpha value is -5.12. The van der Waals surface area contributed by atoms with E-state index in [1.165, 1.54) is 16.0 Å². The van der Waals surface area contributed by atoms with Crippen LogP contribution in [0.1, 0.15) is 51.2 Å². The second-order valence-electron chi connectivity index (χ2n) is 18.3. The summed E-state index contributed by atoms with van der Waals surface area (Å²) < 4.78 is 44.1. The third-order valence-electron chi connectivity index (χ3n) is 12.7. The van der Waals surface area contributed by atoms with E-state index < -0.39 is 11.9 Å². The number of fused-ring (bicyclic) bond motifs is 5. The molecule has 2 aromatic rings. The Morgan fingerprint density at radius 2 is 1.08 bits per heavy atom. The van der Waals surface area contributed by atoms with Crippen molar-refractivity contribution in [3.8, 4) is 0 Å². The third-order valence-corrected chi connectivity index (χ3v) is 12.7. The zero-order chi connectivity index (χ0) is 51.3. The molecule has 398 valence electrons. The first-order chi connectivity index (χ1) is 35.0. The largest absolute Gasteiger partial charge is 0.379 e. The number of hydrogen-bond acceptors (Lipinski definition) is 14. The SMILES string of the molecule is CC1=CC2CC1C1C(=O)N(CCC(=O)NCCOCCOCCOCCOCCOCCOCCOCCOCCC(=O)NC(C(=O)NCC(=O)Nc3ccc(CCc4ccccc4)cc3)C(C)C)C(=O)C21. The number of rotatable bonds is 39. The average molecular weight is 1010 g/mol. The van der Waals surface area contributed by atoms with Gasteiger partial charge < -0.3 is 59.2 Å². The third kappa shape index (κ3) is 20.4. The minimum Gasteiger partial charge on any atom is -0.379 e. The van der Waals surface area contributed by atoms with Gasteiger partial charge in [0.25, 0.3) is 0 Å². The number of nitrogens with zero attached hydrogens (tertiary/aromatic N) is 1. The lowest BCUT2D eigenvalue weighted by atomic mass is 9.82. The van der Waals surface area contributed by atoms with Crippen molar-refractivity contribution in [1.29, 1.82) is 0 Å². The molecule has 1 saturated heterocycles. The molecular weight excluding hydrogens is 931 g/mol. The number of benzene rings is 2. The summed E-state index contributed by atoms with van der Waals surface area (Å²) in [4.78, 5) is 77.3. The zero-order valence-electron chi connectivity index (χ0n) is 42.4. The predicted octanol–water partition coefficient (Wildman–Crippen LogP) is 2.89. The van der Waals surface area contributed by atoms with Crippen LogP contribution in [0.3, 0.4) is 0 Å². The van der Waals surface area contributed by atoms with Gasteiger partial charge in [0, 0.05) is 31.6 Å². The maximum atomic E-state index is 12.9. The van der Waals surface area contributed by atoms with Crippen LogP contribution in [0, 0.1) is 29.6 Å². The Morgan fingerprint density at radius 3 is 1.62 bits per heavy atom. The summed E-state index contributed by atoms with van der Waals surface area (Å²) in [6.07, 6.45) is 5.00. The van der Waals surface area contributed by atoms with Gasteiger partial charge in [-0.15, -0.1) is 0 Å². The number of carbonyl (C=O) groups is 6. The van der Waals surface area contributed by atoms with Crippen LogP contribution in [0.25, 0.3) is 0 Å². The van der Waals surface area contributed by atoms with E-state index in [1.807, 2.05) is 63.2 Å². The molecule has 5 unspecified atom stereocenters. The second-order valence-corrected chi connectivity index (χ2v) is 18.3. The average Bonchev–Trinajstić information content (AvgIpc) is 4.02. The van der Waals surface area contributed by atoms with Crippen molar-refractivity contribution in [1.82, 2.24) is 20.9 Å². The summed E-state index contributed by atoms with van der Waals surface area (Å²) in [7, 11) is 0. The van der Waals surface area contributed by atoms with Crippen molar-refractivity contribution in [2.75, 3.05) is 131 Å².